The summed E-state index contributed by atoms with van der Waals surface area (Å²) in [4.78, 5) is 11.4. The molecule has 0 bridgehead atoms. The quantitative estimate of drug-likeness (QED) is 0.807. The number of rotatable bonds is 5. The van der Waals surface area contributed by atoms with E-state index in [0.717, 1.165) is 5.56 Å². The van der Waals surface area contributed by atoms with Crippen LogP contribution in [0.1, 0.15) is 19.4 Å². The van der Waals surface area contributed by atoms with Crippen LogP contribution in [0.25, 0.3) is 0 Å². The van der Waals surface area contributed by atoms with Crippen molar-refractivity contribution in [1.29, 1.82) is 0 Å². The molecule has 0 spiro atoms. The summed E-state index contributed by atoms with van der Waals surface area (Å²) in [7, 11) is -3.87. The number of hydrogen-bond donors (Lipinski definition) is 1. The first-order valence-corrected chi connectivity index (χ1v) is 9.82. The molecule has 5 nitrogen and oxygen atoms in total. The summed E-state index contributed by atoms with van der Waals surface area (Å²) in [5, 5.41) is 8.18. The molecule has 2 atom stereocenters. The predicted octanol–water partition coefficient (Wildman–Crippen LogP) is 2.74. The van der Waals surface area contributed by atoms with E-state index in [1.807, 2.05) is 20.8 Å². The lowest BCUT2D eigenvalue weighted by Gasteiger charge is -2.15. The van der Waals surface area contributed by atoms with E-state index in [0.29, 0.717) is 0 Å². The summed E-state index contributed by atoms with van der Waals surface area (Å²) in [6.45, 7) is 5.57. The van der Waals surface area contributed by atoms with E-state index in [-0.39, 0.29) is 15.6 Å². The van der Waals surface area contributed by atoms with E-state index in [9.17, 15) is 18.3 Å². The Morgan fingerprint density at radius 3 is 2.41 bits per heavy atom. The Labute approximate surface area is 138 Å². The molecule has 0 amide bonds. The molecular formula is C14H18O5S3. The lowest BCUT2D eigenvalue weighted by atomic mass is 10.2. The molecule has 1 heterocycles. The smallest absolute Gasteiger partial charge is 0.317 e. The van der Waals surface area contributed by atoms with Gasteiger partial charge in [0, 0.05) is 0 Å². The Morgan fingerprint density at radius 2 is 1.86 bits per heavy atom. The lowest BCUT2D eigenvalue weighted by molar-refractivity contribution is -0.136. The van der Waals surface area contributed by atoms with Crippen molar-refractivity contribution in [3.05, 3.63) is 29.8 Å². The minimum Gasteiger partial charge on any atom is -0.480 e. The topological polar surface area (TPSA) is 80.7 Å². The molecule has 8 heteroatoms. The molecule has 2 unspecified atom stereocenters. The second kappa shape index (κ2) is 6.43. The van der Waals surface area contributed by atoms with Gasteiger partial charge in [-0.15, -0.1) is 23.5 Å². The third-order valence-corrected chi connectivity index (χ3v) is 7.80. The van der Waals surface area contributed by atoms with Gasteiger partial charge in [-0.1, -0.05) is 17.7 Å². The maximum absolute atomic E-state index is 12.2. The molecule has 1 aliphatic heterocycles. The molecule has 1 N–H and O–H groups in total. The van der Waals surface area contributed by atoms with Gasteiger partial charge in [0.1, 0.15) is 5.25 Å². The molecular weight excluding hydrogens is 344 g/mol. The van der Waals surface area contributed by atoms with Gasteiger partial charge in [-0.3, -0.25) is 8.98 Å². The average molecular weight is 362 g/mol. The maximum Gasteiger partial charge on any atom is 0.317 e. The van der Waals surface area contributed by atoms with Gasteiger partial charge in [0.25, 0.3) is 10.1 Å². The molecule has 0 radical (unpaired) electrons. The van der Waals surface area contributed by atoms with E-state index in [4.69, 9.17) is 4.18 Å². The monoisotopic (exact) mass is 362 g/mol. The van der Waals surface area contributed by atoms with Crippen LogP contribution in [0.5, 0.6) is 0 Å². The minimum absolute atomic E-state index is 0.0832. The van der Waals surface area contributed by atoms with Crippen LogP contribution in [0, 0.1) is 6.92 Å². The van der Waals surface area contributed by atoms with Crippen molar-refractivity contribution in [3.63, 3.8) is 0 Å². The standard InChI is InChI=1S/C14H18O5S3/c1-9-4-6-10(7-5-9)22(17,18)19-8-11-12(13(15)16)21-14(2,3)20-11/h4-7,11-12H,8H2,1-3H3,(H,15,16). The zero-order chi connectivity index (χ0) is 16.5. The third kappa shape index (κ3) is 4.18. The van der Waals surface area contributed by atoms with Crippen LogP contribution in [0.4, 0.5) is 0 Å². The second-order valence-electron chi connectivity index (χ2n) is 5.48. The Kier molecular flexibility index (Phi) is 5.16. The SMILES string of the molecule is Cc1ccc(S(=O)(=O)OCC2SC(C)(C)SC2C(=O)O)cc1. The fourth-order valence-corrected chi connectivity index (χ4v) is 6.40. The summed E-state index contributed by atoms with van der Waals surface area (Å²) in [5.74, 6) is -0.940. The number of hydrogen-bond acceptors (Lipinski definition) is 6. The Morgan fingerprint density at radius 1 is 1.27 bits per heavy atom. The van der Waals surface area contributed by atoms with Gasteiger partial charge in [-0.05, 0) is 32.9 Å². The number of aryl methyl sites for hydroxylation is 1. The number of carboxylic acids is 1. The van der Waals surface area contributed by atoms with E-state index < -0.39 is 26.6 Å². The van der Waals surface area contributed by atoms with Crippen molar-refractivity contribution >= 4 is 39.6 Å². The van der Waals surface area contributed by atoms with Crippen LogP contribution in [0.3, 0.4) is 0 Å². The Hall–Kier alpha value is -0.700. The largest absolute Gasteiger partial charge is 0.480 e. The second-order valence-corrected chi connectivity index (χ2v) is 11.0. The van der Waals surface area contributed by atoms with Gasteiger partial charge in [0.15, 0.2) is 0 Å². The van der Waals surface area contributed by atoms with Gasteiger partial charge < -0.3 is 5.11 Å². The van der Waals surface area contributed by atoms with Crippen molar-refractivity contribution in [2.75, 3.05) is 6.61 Å². The molecule has 2 rings (SSSR count). The summed E-state index contributed by atoms with van der Waals surface area (Å²) in [5.41, 5.74) is 0.953. The molecule has 0 aromatic heterocycles. The number of carboxylic acid groups (broad SMARTS) is 1. The molecule has 122 valence electrons. The van der Waals surface area contributed by atoms with Crippen LogP contribution >= 0.6 is 23.5 Å². The van der Waals surface area contributed by atoms with E-state index in [1.165, 1.54) is 35.7 Å². The van der Waals surface area contributed by atoms with Crippen molar-refractivity contribution in [2.24, 2.45) is 0 Å². The summed E-state index contributed by atoms with van der Waals surface area (Å²) < 4.78 is 29.1. The molecule has 22 heavy (non-hydrogen) atoms. The van der Waals surface area contributed by atoms with Gasteiger partial charge >= 0.3 is 5.97 Å². The highest BCUT2D eigenvalue weighted by Crippen LogP contribution is 2.52. The normalized spacial score (nSPS) is 24.3. The van der Waals surface area contributed by atoms with Crippen LogP contribution in [-0.2, 0) is 19.1 Å². The molecule has 1 aromatic carbocycles. The summed E-state index contributed by atoms with van der Waals surface area (Å²) in [6.07, 6.45) is 0. The van der Waals surface area contributed by atoms with Crippen LogP contribution in [0.15, 0.2) is 29.2 Å². The molecule has 1 aromatic rings. The molecule has 1 saturated heterocycles. The number of thioether (sulfide) groups is 2. The van der Waals surface area contributed by atoms with Gasteiger partial charge in [0.05, 0.1) is 20.8 Å². The van der Waals surface area contributed by atoms with Crippen molar-refractivity contribution < 1.29 is 22.5 Å². The summed E-state index contributed by atoms with van der Waals surface area (Å²) >= 11 is 2.76. The summed E-state index contributed by atoms with van der Waals surface area (Å²) in [6, 6.07) is 6.36. The number of aliphatic carboxylic acids is 1. The molecule has 1 aliphatic rings. The number of carbonyl (C=O) groups is 1. The van der Waals surface area contributed by atoms with Crippen LogP contribution in [0.2, 0.25) is 0 Å². The van der Waals surface area contributed by atoms with Gasteiger partial charge in [-0.2, -0.15) is 8.42 Å². The zero-order valence-electron chi connectivity index (χ0n) is 12.5. The highest BCUT2D eigenvalue weighted by atomic mass is 32.2. The number of benzene rings is 1. The fourth-order valence-electron chi connectivity index (χ4n) is 2.10. The van der Waals surface area contributed by atoms with Crippen molar-refractivity contribution in [1.82, 2.24) is 0 Å². The van der Waals surface area contributed by atoms with Crippen LogP contribution < -0.4 is 0 Å². The predicted molar refractivity (Wildman–Crippen MR) is 88.8 cm³/mol. The van der Waals surface area contributed by atoms with Crippen molar-refractivity contribution in [2.45, 2.75) is 40.2 Å². The first kappa shape index (κ1) is 17.7. The molecule has 1 fully saturated rings. The minimum atomic E-state index is -3.87. The Balaban J connectivity index is 2.08. The fraction of sp³-hybridized carbons (Fsp3) is 0.500. The Bertz CT molecular complexity index is 652. The lowest BCUT2D eigenvalue weighted by Crippen LogP contribution is -2.29. The van der Waals surface area contributed by atoms with E-state index in [2.05, 4.69) is 0 Å². The van der Waals surface area contributed by atoms with E-state index in [1.54, 1.807) is 12.1 Å². The molecule has 0 saturated carbocycles. The third-order valence-electron chi connectivity index (χ3n) is 3.12. The highest BCUT2D eigenvalue weighted by Gasteiger charge is 2.45. The zero-order valence-corrected chi connectivity index (χ0v) is 14.9. The van der Waals surface area contributed by atoms with Crippen molar-refractivity contribution in [3.8, 4) is 0 Å². The van der Waals surface area contributed by atoms with Crippen LogP contribution in [-0.4, -0.2) is 40.7 Å². The van der Waals surface area contributed by atoms with Gasteiger partial charge in [-0.25, -0.2) is 0 Å². The van der Waals surface area contributed by atoms with E-state index >= 15 is 0 Å². The first-order valence-electron chi connectivity index (χ1n) is 6.65. The van der Waals surface area contributed by atoms with Gasteiger partial charge in [0.2, 0.25) is 0 Å². The average Bonchev–Trinajstić information content (AvgIpc) is 2.73. The highest BCUT2D eigenvalue weighted by molar-refractivity contribution is 8.22. The first-order chi connectivity index (χ1) is 10.1. The maximum atomic E-state index is 12.2. The molecule has 0 aliphatic carbocycles.